The van der Waals surface area contributed by atoms with Crippen LogP contribution in [0.3, 0.4) is 0 Å². The lowest BCUT2D eigenvalue weighted by Crippen LogP contribution is -2.16. The molecule has 1 aromatic carbocycles. The minimum atomic E-state index is 0.754. The first-order valence-corrected chi connectivity index (χ1v) is 8.15. The molecule has 0 saturated carbocycles. The van der Waals surface area contributed by atoms with E-state index in [0.717, 1.165) is 43.1 Å². The van der Waals surface area contributed by atoms with Crippen molar-refractivity contribution >= 4 is 11.6 Å². The lowest BCUT2D eigenvalue weighted by Gasteiger charge is -2.09. The number of aryl methyl sites for hydroxylation is 1. The summed E-state index contributed by atoms with van der Waals surface area (Å²) in [6.45, 7) is 8.47. The molecule has 1 heterocycles. The first-order valence-electron chi connectivity index (χ1n) is 7.77. The van der Waals surface area contributed by atoms with Crippen LogP contribution in [-0.2, 0) is 19.4 Å². The summed E-state index contributed by atoms with van der Waals surface area (Å²) in [7, 11) is 0. The Morgan fingerprint density at radius 3 is 2.38 bits per heavy atom. The van der Waals surface area contributed by atoms with Crippen LogP contribution in [0.15, 0.2) is 24.3 Å². The summed E-state index contributed by atoms with van der Waals surface area (Å²) in [5, 5.41) is 9.07. The highest BCUT2D eigenvalue weighted by Gasteiger charge is 2.16. The van der Waals surface area contributed by atoms with Gasteiger partial charge in [-0.1, -0.05) is 32.4 Å². The summed E-state index contributed by atoms with van der Waals surface area (Å²) >= 11 is 5.98. The van der Waals surface area contributed by atoms with Gasteiger partial charge < -0.3 is 5.32 Å². The van der Waals surface area contributed by atoms with Gasteiger partial charge in [0.1, 0.15) is 0 Å². The smallest absolute Gasteiger partial charge is 0.0674 e. The van der Waals surface area contributed by atoms with E-state index in [1.807, 2.05) is 24.3 Å². The molecule has 2 aromatic rings. The zero-order chi connectivity index (χ0) is 15.2. The van der Waals surface area contributed by atoms with Crippen molar-refractivity contribution in [2.75, 3.05) is 6.54 Å². The van der Waals surface area contributed by atoms with Crippen LogP contribution in [0, 0.1) is 0 Å². The van der Waals surface area contributed by atoms with Crippen LogP contribution in [-0.4, -0.2) is 16.3 Å². The van der Waals surface area contributed by atoms with Crippen molar-refractivity contribution < 1.29 is 0 Å². The summed E-state index contributed by atoms with van der Waals surface area (Å²) in [6, 6.07) is 7.88. The minimum Gasteiger partial charge on any atom is -0.313 e. The Bertz CT molecular complexity index is 572. The van der Waals surface area contributed by atoms with E-state index < -0.39 is 0 Å². The van der Waals surface area contributed by atoms with E-state index in [1.54, 1.807) is 0 Å². The fourth-order valence-corrected chi connectivity index (χ4v) is 2.70. The minimum absolute atomic E-state index is 0.754. The zero-order valence-corrected chi connectivity index (χ0v) is 13.9. The molecule has 0 atom stereocenters. The number of benzene rings is 1. The first kappa shape index (κ1) is 16.1. The maximum absolute atomic E-state index is 5.98. The summed E-state index contributed by atoms with van der Waals surface area (Å²) in [4.78, 5) is 0. The molecule has 4 heteroatoms. The number of nitrogens with one attached hydrogen (secondary N) is 1. The molecule has 0 amide bonds. The maximum atomic E-state index is 5.98. The van der Waals surface area contributed by atoms with Crippen molar-refractivity contribution in [1.29, 1.82) is 0 Å². The highest BCUT2D eigenvalue weighted by molar-refractivity contribution is 6.30. The number of hydrogen-bond acceptors (Lipinski definition) is 2. The van der Waals surface area contributed by atoms with Crippen molar-refractivity contribution in [1.82, 2.24) is 15.1 Å². The fourth-order valence-electron chi connectivity index (χ4n) is 2.57. The van der Waals surface area contributed by atoms with Crippen molar-refractivity contribution in [2.24, 2.45) is 0 Å². The van der Waals surface area contributed by atoms with Gasteiger partial charge in [-0.05, 0) is 50.1 Å². The van der Waals surface area contributed by atoms with Gasteiger partial charge in [0.15, 0.2) is 0 Å². The molecule has 0 radical (unpaired) electrons. The molecule has 0 fully saturated rings. The Labute approximate surface area is 132 Å². The van der Waals surface area contributed by atoms with E-state index in [4.69, 9.17) is 16.7 Å². The topological polar surface area (TPSA) is 29.9 Å². The Balaban J connectivity index is 2.39. The Kier molecular flexibility index (Phi) is 5.83. The number of hydrogen-bond donors (Lipinski definition) is 1. The highest BCUT2D eigenvalue weighted by Crippen LogP contribution is 2.21. The van der Waals surface area contributed by atoms with Crippen LogP contribution in [0.25, 0.3) is 5.69 Å². The molecule has 1 N–H and O–H groups in total. The van der Waals surface area contributed by atoms with E-state index in [1.165, 1.54) is 17.0 Å². The van der Waals surface area contributed by atoms with Gasteiger partial charge in [-0.2, -0.15) is 5.10 Å². The standard InChI is InChI=1S/C17H24ClN3/c1-4-11-19-12-15-16(5-2)20-21(17(15)6-3)14-9-7-13(18)8-10-14/h7-10,19H,4-6,11-12H2,1-3H3. The lowest BCUT2D eigenvalue weighted by atomic mass is 10.1. The van der Waals surface area contributed by atoms with E-state index in [9.17, 15) is 0 Å². The molecule has 0 saturated heterocycles. The van der Waals surface area contributed by atoms with Crippen molar-refractivity contribution in [2.45, 2.75) is 46.6 Å². The monoisotopic (exact) mass is 305 g/mol. The summed E-state index contributed by atoms with van der Waals surface area (Å²) in [6.07, 6.45) is 3.07. The van der Waals surface area contributed by atoms with Crippen LogP contribution in [0.4, 0.5) is 0 Å². The Morgan fingerprint density at radius 2 is 1.81 bits per heavy atom. The van der Waals surface area contributed by atoms with E-state index >= 15 is 0 Å². The van der Waals surface area contributed by atoms with Gasteiger partial charge in [0.2, 0.25) is 0 Å². The molecular formula is C17H24ClN3. The second-order valence-corrected chi connectivity index (χ2v) is 5.58. The SMILES string of the molecule is CCCNCc1c(CC)nn(-c2ccc(Cl)cc2)c1CC. The molecule has 0 spiro atoms. The molecule has 0 aliphatic carbocycles. The molecule has 0 unspecified atom stereocenters. The van der Waals surface area contributed by atoms with Crippen LogP contribution in [0.2, 0.25) is 5.02 Å². The van der Waals surface area contributed by atoms with E-state index in [-0.39, 0.29) is 0 Å². The molecule has 1 aromatic heterocycles. The predicted octanol–water partition coefficient (Wildman–Crippen LogP) is 4.15. The first-order chi connectivity index (χ1) is 10.2. The molecule has 21 heavy (non-hydrogen) atoms. The average Bonchev–Trinajstić information content (AvgIpc) is 2.86. The summed E-state index contributed by atoms with van der Waals surface area (Å²) in [5.74, 6) is 0. The van der Waals surface area contributed by atoms with Gasteiger partial charge in [-0.3, -0.25) is 0 Å². The van der Waals surface area contributed by atoms with Gasteiger partial charge in [0, 0.05) is 22.8 Å². The number of aromatic nitrogens is 2. The maximum Gasteiger partial charge on any atom is 0.0674 e. The Morgan fingerprint density at radius 1 is 1.10 bits per heavy atom. The van der Waals surface area contributed by atoms with Crippen molar-refractivity contribution in [3.05, 3.63) is 46.2 Å². The van der Waals surface area contributed by atoms with Crippen molar-refractivity contribution in [3.8, 4) is 5.69 Å². The third-order valence-corrected chi connectivity index (χ3v) is 3.89. The number of nitrogens with zero attached hydrogens (tertiary/aromatic N) is 2. The van der Waals surface area contributed by atoms with Gasteiger partial charge >= 0.3 is 0 Å². The van der Waals surface area contributed by atoms with Crippen LogP contribution >= 0.6 is 11.6 Å². The van der Waals surface area contributed by atoms with Gasteiger partial charge in [-0.25, -0.2) is 4.68 Å². The second-order valence-electron chi connectivity index (χ2n) is 5.14. The second kappa shape index (κ2) is 7.62. The summed E-state index contributed by atoms with van der Waals surface area (Å²) in [5.41, 5.74) is 4.90. The molecular weight excluding hydrogens is 282 g/mol. The van der Waals surface area contributed by atoms with E-state index in [0.29, 0.717) is 0 Å². The van der Waals surface area contributed by atoms with Gasteiger partial charge in [0.25, 0.3) is 0 Å². The normalized spacial score (nSPS) is 11.0. The number of halogens is 1. The van der Waals surface area contributed by atoms with Crippen LogP contribution < -0.4 is 5.32 Å². The quantitative estimate of drug-likeness (QED) is 0.779. The number of rotatable bonds is 7. The average molecular weight is 306 g/mol. The molecule has 0 bridgehead atoms. The highest BCUT2D eigenvalue weighted by atomic mass is 35.5. The molecule has 3 nitrogen and oxygen atoms in total. The zero-order valence-electron chi connectivity index (χ0n) is 13.1. The molecule has 114 valence electrons. The Hall–Kier alpha value is -1.32. The van der Waals surface area contributed by atoms with Gasteiger partial charge in [-0.15, -0.1) is 0 Å². The van der Waals surface area contributed by atoms with E-state index in [2.05, 4.69) is 30.8 Å². The third-order valence-electron chi connectivity index (χ3n) is 3.64. The third kappa shape index (κ3) is 3.66. The van der Waals surface area contributed by atoms with Crippen LogP contribution in [0.1, 0.15) is 44.1 Å². The van der Waals surface area contributed by atoms with Crippen molar-refractivity contribution in [3.63, 3.8) is 0 Å². The lowest BCUT2D eigenvalue weighted by molar-refractivity contribution is 0.666. The van der Waals surface area contributed by atoms with Gasteiger partial charge in [0.05, 0.1) is 11.4 Å². The van der Waals surface area contributed by atoms with Crippen LogP contribution in [0.5, 0.6) is 0 Å². The molecule has 0 aliphatic rings. The fraction of sp³-hybridized carbons (Fsp3) is 0.471. The molecule has 0 aliphatic heterocycles. The summed E-state index contributed by atoms with van der Waals surface area (Å²) < 4.78 is 2.07. The predicted molar refractivity (Wildman–Crippen MR) is 89.3 cm³/mol. The largest absolute Gasteiger partial charge is 0.313 e. The molecule has 2 rings (SSSR count).